The third-order valence-corrected chi connectivity index (χ3v) is 1.75. The van der Waals surface area contributed by atoms with Gasteiger partial charge in [0.2, 0.25) is 5.96 Å². The summed E-state index contributed by atoms with van der Waals surface area (Å²) < 4.78 is 38.9. The predicted molar refractivity (Wildman–Crippen MR) is 57.5 cm³/mol. The Morgan fingerprint density at radius 2 is 1.59 bits per heavy atom. The molecular formula is C9H10F3N5. The maximum atomic E-state index is 13.1. The highest BCUT2D eigenvalue weighted by atomic mass is 19.1. The van der Waals surface area contributed by atoms with Gasteiger partial charge in [0.25, 0.3) is 0 Å². The Balaban J connectivity index is 2.94. The summed E-state index contributed by atoms with van der Waals surface area (Å²) in [6.07, 6.45) is 0. The van der Waals surface area contributed by atoms with Gasteiger partial charge >= 0.3 is 0 Å². The SMILES string of the molecule is NC(N)=NC(N)=NCc1c(F)cc(F)cc1F. The van der Waals surface area contributed by atoms with Gasteiger partial charge in [-0.2, -0.15) is 4.99 Å². The summed E-state index contributed by atoms with van der Waals surface area (Å²) in [6.45, 7) is -0.430. The van der Waals surface area contributed by atoms with Crippen molar-refractivity contribution in [3.8, 4) is 0 Å². The van der Waals surface area contributed by atoms with E-state index in [1.165, 1.54) is 0 Å². The van der Waals surface area contributed by atoms with Crippen LogP contribution in [0.15, 0.2) is 22.1 Å². The third kappa shape index (κ3) is 3.67. The normalized spacial score (nSPS) is 11.4. The summed E-state index contributed by atoms with van der Waals surface area (Å²) in [5, 5.41) is 0. The lowest BCUT2D eigenvalue weighted by atomic mass is 10.2. The van der Waals surface area contributed by atoms with E-state index in [9.17, 15) is 13.2 Å². The molecule has 0 aliphatic carbocycles. The average Bonchev–Trinajstić information content (AvgIpc) is 2.14. The minimum Gasteiger partial charge on any atom is -0.370 e. The van der Waals surface area contributed by atoms with E-state index in [0.717, 1.165) is 0 Å². The molecule has 92 valence electrons. The van der Waals surface area contributed by atoms with Gasteiger partial charge in [0.1, 0.15) is 17.5 Å². The Kier molecular flexibility index (Phi) is 3.91. The van der Waals surface area contributed by atoms with E-state index in [1.54, 1.807) is 0 Å². The minimum atomic E-state index is -1.05. The van der Waals surface area contributed by atoms with E-state index in [-0.39, 0.29) is 11.9 Å². The van der Waals surface area contributed by atoms with Crippen LogP contribution in [0.3, 0.4) is 0 Å². The van der Waals surface area contributed by atoms with Gasteiger partial charge in [0, 0.05) is 17.7 Å². The molecule has 0 aromatic heterocycles. The van der Waals surface area contributed by atoms with Gasteiger partial charge in [-0.1, -0.05) is 0 Å². The second-order valence-electron chi connectivity index (χ2n) is 3.06. The third-order valence-electron chi connectivity index (χ3n) is 1.75. The van der Waals surface area contributed by atoms with E-state index in [2.05, 4.69) is 9.98 Å². The number of benzene rings is 1. The van der Waals surface area contributed by atoms with Crippen LogP contribution in [0.5, 0.6) is 0 Å². The topological polar surface area (TPSA) is 103 Å². The minimum absolute atomic E-state index is 0.326. The van der Waals surface area contributed by atoms with Crippen LogP contribution < -0.4 is 17.2 Å². The summed E-state index contributed by atoms with van der Waals surface area (Å²) >= 11 is 0. The highest BCUT2D eigenvalue weighted by Crippen LogP contribution is 2.15. The second-order valence-corrected chi connectivity index (χ2v) is 3.06. The molecule has 0 unspecified atom stereocenters. The van der Waals surface area contributed by atoms with Crippen LogP contribution >= 0.6 is 0 Å². The van der Waals surface area contributed by atoms with Gasteiger partial charge < -0.3 is 17.2 Å². The number of nitrogens with zero attached hydrogens (tertiary/aromatic N) is 2. The number of hydrogen-bond acceptors (Lipinski definition) is 1. The van der Waals surface area contributed by atoms with Gasteiger partial charge in [-0.05, 0) is 0 Å². The van der Waals surface area contributed by atoms with Crippen LogP contribution in [0.25, 0.3) is 0 Å². The van der Waals surface area contributed by atoms with Gasteiger partial charge in [-0.25, -0.2) is 18.2 Å². The molecule has 0 aliphatic heterocycles. The fraction of sp³-hybridized carbons (Fsp3) is 0.111. The molecule has 0 fully saturated rings. The van der Waals surface area contributed by atoms with E-state index >= 15 is 0 Å². The highest BCUT2D eigenvalue weighted by Gasteiger charge is 2.10. The monoisotopic (exact) mass is 245 g/mol. The highest BCUT2D eigenvalue weighted by molar-refractivity contribution is 5.92. The fourth-order valence-corrected chi connectivity index (χ4v) is 1.05. The van der Waals surface area contributed by atoms with Crippen molar-refractivity contribution < 1.29 is 13.2 Å². The summed E-state index contributed by atoms with van der Waals surface area (Å²) in [6, 6.07) is 1.09. The molecule has 0 heterocycles. The maximum Gasteiger partial charge on any atom is 0.218 e. The molecule has 0 spiro atoms. The quantitative estimate of drug-likeness (QED) is 0.512. The van der Waals surface area contributed by atoms with Gasteiger partial charge in [-0.3, -0.25) is 0 Å². The van der Waals surface area contributed by atoms with E-state index in [4.69, 9.17) is 17.2 Å². The number of aliphatic imine (C=N–C) groups is 2. The molecule has 0 amide bonds. The second kappa shape index (κ2) is 5.19. The maximum absolute atomic E-state index is 13.1. The smallest absolute Gasteiger partial charge is 0.218 e. The van der Waals surface area contributed by atoms with Crippen LogP contribution in [0, 0.1) is 17.5 Å². The van der Waals surface area contributed by atoms with Crippen molar-refractivity contribution >= 4 is 11.9 Å². The molecule has 5 nitrogen and oxygen atoms in total. The van der Waals surface area contributed by atoms with Crippen molar-refractivity contribution in [3.63, 3.8) is 0 Å². The summed E-state index contributed by atoms with van der Waals surface area (Å²) in [5.74, 6) is -3.77. The molecular weight excluding hydrogens is 235 g/mol. The molecule has 1 rings (SSSR count). The van der Waals surface area contributed by atoms with Crippen LogP contribution in [0.1, 0.15) is 5.56 Å². The number of hydrogen-bond donors (Lipinski definition) is 3. The first-order valence-electron chi connectivity index (χ1n) is 4.43. The van der Waals surface area contributed by atoms with E-state index in [1.807, 2.05) is 0 Å². The molecule has 0 saturated heterocycles. The van der Waals surface area contributed by atoms with Crippen LogP contribution in [-0.4, -0.2) is 11.9 Å². The van der Waals surface area contributed by atoms with Gasteiger partial charge in [0.15, 0.2) is 5.96 Å². The van der Waals surface area contributed by atoms with E-state index in [0.29, 0.717) is 12.1 Å². The molecule has 0 radical (unpaired) electrons. The first-order chi connectivity index (χ1) is 7.90. The van der Waals surface area contributed by atoms with Crippen molar-refractivity contribution in [1.29, 1.82) is 0 Å². The molecule has 0 atom stereocenters. The van der Waals surface area contributed by atoms with Crippen molar-refractivity contribution in [2.45, 2.75) is 6.54 Å². The Labute approximate surface area is 94.8 Å². The predicted octanol–water partition coefficient (Wildman–Crippen LogP) is 0.192. The summed E-state index contributed by atoms with van der Waals surface area (Å²) in [7, 11) is 0. The fourth-order valence-electron chi connectivity index (χ4n) is 1.05. The first-order valence-corrected chi connectivity index (χ1v) is 4.43. The molecule has 0 bridgehead atoms. The largest absolute Gasteiger partial charge is 0.370 e. The molecule has 1 aromatic rings. The zero-order chi connectivity index (χ0) is 13.0. The summed E-state index contributed by atoms with van der Waals surface area (Å²) in [4.78, 5) is 6.88. The Morgan fingerprint density at radius 1 is 1.06 bits per heavy atom. The van der Waals surface area contributed by atoms with Crippen molar-refractivity contribution in [3.05, 3.63) is 35.1 Å². The average molecular weight is 245 g/mol. The molecule has 1 aromatic carbocycles. The molecule has 8 heteroatoms. The molecule has 0 saturated carbocycles. The summed E-state index contributed by atoms with van der Waals surface area (Å²) in [5.41, 5.74) is 14.8. The van der Waals surface area contributed by atoms with Crippen molar-refractivity contribution in [1.82, 2.24) is 0 Å². The number of guanidine groups is 2. The zero-order valence-corrected chi connectivity index (χ0v) is 8.62. The number of halogens is 3. The van der Waals surface area contributed by atoms with Crippen LogP contribution in [-0.2, 0) is 6.54 Å². The van der Waals surface area contributed by atoms with E-state index < -0.39 is 29.6 Å². The Bertz CT molecular complexity index is 457. The van der Waals surface area contributed by atoms with Gasteiger partial charge in [0.05, 0.1) is 6.54 Å². The number of rotatable bonds is 2. The molecule has 0 aliphatic rings. The van der Waals surface area contributed by atoms with Crippen LogP contribution in [0.4, 0.5) is 13.2 Å². The lowest BCUT2D eigenvalue weighted by Crippen LogP contribution is -2.26. The lowest BCUT2D eigenvalue weighted by Gasteiger charge is -2.02. The van der Waals surface area contributed by atoms with Gasteiger partial charge in [-0.15, -0.1) is 0 Å². The molecule has 17 heavy (non-hydrogen) atoms. The van der Waals surface area contributed by atoms with Crippen molar-refractivity contribution in [2.75, 3.05) is 0 Å². The first kappa shape index (κ1) is 12.8. The van der Waals surface area contributed by atoms with Crippen LogP contribution in [0.2, 0.25) is 0 Å². The number of nitrogens with two attached hydrogens (primary N) is 3. The zero-order valence-electron chi connectivity index (χ0n) is 8.62. The lowest BCUT2D eigenvalue weighted by molar-refractivity contribution is 0.524. The molecule has 6 N–H and O–H groups in total. The Hall–Kier alpha value is -2.25. The Morgan fingerprint density at radius 3 is 2.06 bits per heavy atom. The van der Waals surface area contributed by atoms with Crippen molar-refractivity contribution in [2.24, 2.45) is 27.2 Å². The standard InChI is InChI=1S/C9H10F3N5/c10-4-1-6(11)5(7(12)2-4)3-16-9(15)17-8(13)14/h1-2H,3H2,(H6,13,14,15,16,17).